The quantitative estimate of drug-likeness (QED) is 0.802. The standard InChI is InChI=1S/C13H22N4O/c1-2-15-12-9-13(11-14-10-12)17-5-3-16(4-6-17)7-8-18/h9-11,15,18H,2-8H2,1H3. The third-order valence-electron chi connectivity index (χ3n) is 3.26. The maximum Gasteiger partial charge on any atom is 0.0574 e. The van der Waals surface area contributed by atoms with Crippen molar-refractivity contribution in [3.63, 3.8) is 0 Å². The van der Waals surface area contributed by atoms with Crippen molar-refractivity contribution in [3.05, 3.63) is 18.5 Å². The second kappa shape index (κ2) is 6.56. The van der Waals surface area contributed by atoms with Crippen molar-refractivity contribution in [1.82, 2.24) is 9.88 Å². The van der Waals surface area contributed by atoms with Gasteiger partial charge >= 0.3 is 0 Å². The Morgan fingerprint density at radius 2 is 2.06 bits per heavy atom. The van der Waals surface area contributed by atoms with Gasteiger partial charge in [-0.25, -0.2) is 0 Å². The normalized spacial score (nSPS) is 16.9. The highest BCUT2D eigenvalue weighted by molar-refractivity contribution is 5.55. The molecule has 1 aliphatic rings. The lowest BCUT2D eigenvalue weighted by Gasteiger charge is -2.35. The van der Waals surface area contributed by atoms with E-state index in [2.05, 4.69) is 33.1 Å². The Morgan fingerprint density at radius 3 is 2.72 bits per heavy atom. The minimum atomic E-state index is 0.247. The third-order valence-corrected chi connectivity index (χ3v) is 3.26. The van der Waals surface area contributed by atoms with Gasteiger partial charge in [0.2, 0.25) is 0 Å². The number of nitrogens with zero attached hydrogens (tertiary/aromatic N) is 3. The van der Waals surface area contributed by atoms with Crippen LogP contribution in [-0.4, -0.2) is 60.9 Å². The molecule has 0 spiro atoms. The first-order chi connectivity index (χ1) is 8.83. The van der Waals surface area contributed by atoms with Crippen LogP contribution in [0.4, 0.5) is 11.4 Å². The lowest BCUT2D eigenvalue weighted by Crippen LogP contribution is -2.47. The molecule has 1 aromatic rings. The molecule has 1 aliphatic heterocycles. The average Bonchev–Trinajstić information content (AvgIpc) is 2.41. The van der Waals surface area contributed by atoms with Crippen LogP contribution < -0.4 is 10.2 Å². The first-order valence-electron chi connectivity index (χ1n) is 6.60. The summed E-state index contributed by atoms with van der Waals surface area (Å²) in [4.78, 5) is 8.91. The lowest BCUT2D eigenvalue weighted by atomic mass is 10.2. The van der Waals surface area contributed by atoms with Crippen molar-refractivity contribution < 1.29 is 5.11 Å². The molecule has 1 saturated heterocycles. The number of aliphatic hydroxyl groups excluding tert-OH is 1. The van der Waals surface area contributed by atoms with Gasteiger partial charge in [-0.2, -0.15) is 0 Å². The summed E-state index contributed by atoms with van der Waals surface area (Å²) in [5.74, 6) is 0. The number of hydrogen-bond donors (Lipinski definition) is 2. The maximum atomic E-state index is 8.92. The summed E-state index contributed by atoms with van der Waals surface area (Å²) in [6.45, 7) is 8.03. The van der Waals surface area contributed by atoms with Gasteiger partial charge in [-0.05, 0) is 13.0 Å². The molecule has 2 heterocycles. The molecule has 2 rings (SSSR count). The molecule has 2 N–H and O–H groups in total. The molecule has 0 aromatic carbocycles. The average molecular weight is 250 g/mol. The van der Waals surface area contributed by atoms with Crippen LogP contribution in [0.2, 0.25) is 0 Å². The van der Waals surface area contributed by atoms with E-state index in [9.17, 15) is 0 Å². The highest BCUT2D eigenvalue weighted by atomic mass is 16.3. The summed E-state index contributed by atoms with van der Waals surface area (Å²) >= 11 is 0. The summed E-state index contributed by atoms with van der Waals surface area (Å²) in [5, 5.41) is 12.2. The molecule has 0 unspecified atom stereocenters. The van der Waals surface area contributed by atoms with Crippen LogP contribution in [0.3, 0.4) is 0 Å². The van der Waals surface area contributed by atoms with Crippen LogP contribution in [0.15, 0.2) is 18.5 Å². The zero-order valence-corrected chi connectivity index (χ0v) is 11.0. The van der Waals surface area contributed by atoms with Crippen LogP contribution in [0.1, 0.15) is 6.92 Å². The first-order valence-corrected chi connectivity index (χ1v) is 6.60. The van der Waals surface area contributed by atoms with E-state index < -0.39 is 0 Å². The molecule has 5 nitrogen and oxygen atoms in total. The number of aliphatic hydroxyl groups is 1. The van der Waals surface area contributed by atoms with E-state index in [0.717, 1.165) is 45.0 Å². The highest BCUT2D eigenvalue weighted by Crippen LogP contribution is 2.19. The Kier molecular flexibility index (Phi) is 4.78. The Balaban J connectivity index is 1.94. The maximum absolute atomic E-state index is 8.92. The van der Waals surface area contributed by atoms with Crippen LogP contribution >= 0.6 is 0 Å². The number of rotatable bonds is 5. The van der Waals surface area contributed by atoms with E-state index in [-0.39, 0.29) is 6.61 Å². The van der Waals surface area contributed by atoms with Gasteiger partial charge in [0.1, 0.15) is 0 Å². The van der Waals surface area contributed by atoms with Crippen LogP contribution in [0, 0.1) is 0 Å². The SMILES string of the molecule is CCNc1cncc(N2CCN(CCO)CC2)c1. The largest absolute Gasteiger partial charge is 0.395 e. The van der Waals surface area contributed by atoms with Crippen molar-refractivity contribution in [2.24, 2.45) is 0 Å². The molecule has 100 valence electrons. The predicted molar refractivity (Wildman–Crippen MR) is 74.1 cm³/mol. The predicted octanol–water partition coefficient (Wildman–Crippen LogP) is 0.628. The number of aromatic nitrogens is 1. The van der Waals surface area contributed by atoms with Gasteiger partial charge in [0.15, 0.2) is 0 Å². The van der Waals surface area contributed by atoms with Gasteiger partial charge in [0.25, 0.3) is 0 Å². The number of hydrogen-bond acceptors (Lipinski definition) is 5. The van der Waals surface area contributed by atoms with Crippen molar-refractivity contribution in [1.29, 1.82) is 0 Å². The molecule has 0 bridgehead atoms. The Labute approximate surface area is 108 Å². The van der Waals surface area contributed by atoms with Crippen LogP contribution in [0.5, 0.6) is 0 Å². The Hall–Kier alpha value is -1.33. The molecule has 5 heteroatoms. The number of nitrogens with one attached hydrogen (secondary N) is 1. The fourth-order valence-corrected chi connectivity index (χ4v) is 2.27. The van der Waals surface area contributed by atoms with E-state index in [0.29, 0.717) is 0 Å². The summed E-state index contributed by atoms with van der Waals surface area (Å²) in [5.41, 5.74) is 2.25. The smallest absolute Gasteiger partial charge is 0.0574 e. The van der Waals surface area contributed by atoms with E-state index in [1.165, 1.54) is 5.69 Å². The van der Waals surface area contributed by atoms with E-state index >= 15 is 0 Å². The minimum Gasteiger partial charge on any atom is -0.395 e. The second-order valence-corrected chi connectivity index (χ2v) is 4.51. The van der Waals surface area contributed by atoms with Gasteiger partial charge in [-0.3, -0.25) is 9.88 Å². The molecular weight excluding hydrogens is 228 g/mol. The van der Waals surface area contributed by atoms with Gasteiger partial charge in [0.05, 0.1) is 30.4 Å². The summed E-state index contributed by atoms with van der Waals surface area (Å²) in [6, 6.07) is 2.15. The monoisotopic (exact) mass is 250 g/mol. The minimum absolute atomic E-state index is 0.247. The molecular formula is C13H22N4O. The fourth-order valence-electron chi connectivity index (χ4n) is 2.27. The van der Waals surface area contributed by atoms with Gasteiger partial charge < -0.3 is 15.3 Å². The number of pyridine rings is 1. The molecule has 0 amide bonds. The van der Waals surface area contributed by atoms with Gasteiger partial charge in [0, 0.05) is 39.3 Å². The second-order valence-electron chi connectivity index (χ2n) is 4.51. The van der Waals surface area contributed by atoms with Crippen molar-refractivity contribution >= 4 is 11.4 Å². The third kappa shape index (κ3) is 3.34. The van der Waals surface area contributed by atoms with Gasteiger partial charge in [-0.1, -0.05) is 0 Å². The van der Waals surface area contributed by atoms with E-state index in [1.807, 2.05) is 12.4 Å². The first kappa shape index (κ1) is 13.1. The zero-order valence-electron chi connectivity index (χ0n) is 11.0. The van der Waals surface area contributed by atoms with Crippen molar-refractivity contribution in [3.8, 4) is 0 Å². The molecule has 0 atom stereocenters. The molecule has 0 saturated carbocycles. The summed E-state index contributed by atoms with van der Waals surface area (Å²) in [6.07, 6.45) is 3.78. The fraction of sp³-hybridized carbons (Fsp3) is 0.615. The number of piperazine rings is 1. The highest BCUT2D eigenvalue weighted by Gasteiger charge is 2.16. The molecule has 0 radical (unpaired) electrons. The van der Waals surface area contributed by atoms with Crippen molar-refractivity contribution in [2.75, 3.05) is 56.1 Å². The Bertz CT molecular complexity index is 364. The molecule has 1 fully saturated rings. The number of anilines is 2. The van der Waals surface area contributed by atoms with Crippen LogP contribution in [0.25, 0.3) is 0 Å². The Morgan fingerprint density at radius 1 is 1.28 bits per heavy atom. The zero-order chi connectivity index (χ0) is 12.8. The molecule has 0 aliphatic carbocycles. The van der Waals surface area contributed by atoms with Crippen molar-refractivity contribution in [2.45, 2.75) is 6.92 Å². The molecule has 18 heavy (non-hydrogen) atoms. The van der Waals surface area contributed by atoms with E-state index in [4.69, 9.17) is 5.11 Å². The van der Waals surface area contributed by atoms with E-state index in [1.54, 1.807) is 0 Å². The summed E-state index contributed by atoms with van der Waals surface area (Å²) < 4.78 is 0. The lowest BCUT2D eigenvalue weighted by molar-refractivity contribution is 0.189. The number of β-amino-alcohol motifs (C(OH)–C–C–N with tert-alkyl or cyclic N) is 1. The van der Waals surface area contributed by atoms with Gasteiger partial charge in [-0.15, -0.1) is 0 Å². The van der Waals surface area contributed by atoms with Crippen LogP contribution in [-0.2, 0) is 0 Å². The molecule has 1 aromatic heterocycles. The summed E-state index contributed by atoms with van der Waals surface area (Å²) in [7, 11) is 0. The topological polar surface area (TPSA) is 51.6 Å².